The van der Waals surface area contributed by atoms with Crippen LogP contribution in [0.3, 0.4) is 0 Å². The van der Waals surface area contributed by atoms with Crippen molar-refractivity contribution in [1.82, 2.24) is 9.97 Å². The normalized spacial score (nSPS) is 20.4. The summed E-state index contributed by atoms with van der Waals surface area (Å²) in [7, 11) is 0. The Balaban J connectivity index is 1.77. The van der Waals surface area contributed by atoms with Crippen molar-refractivity contribution in [1.29, 1.82) is 0 Å². The van der Waals surface area contributed by atoms with E-state index in [-0.39, 0.29) is 31.7 Å². The van der Waals surface area contributed by atoms with Crippen LogP contribution < -0.4 is 9.64 Å². The fourth-order valence-corrected chi connectivity index (χ4v) is 3.17. The molecule has 2 heterocycles. The Kier molecular flexibility index (Phi) is 5.50. The summed E-state index contributed by atoms with van der Waals surface area (Å²) in [5.74, 6) is 1.42. The first-order valence-corrected chi connectivity index (χ1v) is 8.26. The molecule has 1 aliphatic rings. The molecule has 6 nitrogen and oxygen atoms in total. The number of hydrogen-bond acceptors (Lipinski definition) is 6. The van der Waals surface area contributed by atoms with Gasteiger partial charge < -0.3 is 19.8 Å². The molecular formula is C17H20ClN3O3. The topological polar surface area (TPSA) is 78.7 Å². The summed E-state index contributed by atoms with van der Waals surface area (Å²) in [5.41, 5.74) is 1.15. The van der Waals surface area contributed by atoms with Crippen molar-refractivity contribution in [3.05, 3.63) is 47.2 Å². The van der Waals surface area contributed by atoms with Crippen molar-refractivity contribution in [2.75, 3.05) is 37.8 Å². The Morgan fingerprint density at radius 1 is 1.17 bits per heavy atom. The second kappa shape index (κ2) is 7.79. The highest BCUT2D eigenvalue weighted by atomic mass is 35.5. The van der Waals surface area contributed by atoms with Gasteiger partial charge in [0.25, 0.3) is 0 Å². The smallest absolute Gasteiger partial charge is 0.234 e. The molecule has 24 heavy (non-hydrogen) atoms. The summed E-state index contributed by atoms with van der Waals surface area (Å²) in [4.78, 5) is 10.7. The van der Waals surface area contributed by atoms with E-state index in [0.717, 1.165) is 12.1 Å². The highest BCUT2D eigenvalue weighted by Crippen LogP contribution is 2.35. The molecule has 1 aliphatic heterocycles. The lowest BCUT2D eigenvalue weighted by Gasteiger charge is -2.17. The Hall–Kier alpha value is -1.89. The van der Waals surface area contributed by atoms with Gasteiger partial charge in [0, 0.05) is 36.6 Å². The lowest BCUT2D eigenvalue weighted by Crippen LogP contribution is -2.22. The number of ether oxygens (including phenoxy) is 1. The summed E-state index contributed by atoms with van der Waals surface area (Å²) in [6.07, 6.45) is 3.21. The zero-order chi connectivity index (χ0) is 16.9. The van der Waals surface area contributed by atoms with Crippen LogP contribution in [0.1, 0.15) is 11.5 Å². The van der Waals surface area contributed by atoms with Gasteiger partial charge in [-0.1, -0.05) is 23.7 Å². The van der Waals surface area contributed by atoms with Crippen LogP contribution in [0.2, 0.25) is 5.02 Å². The van der Waals surface area contributed by atoms with Crippen LogP contribution in [0.25, 0.3) is 0 Å². The number of halogens is 1. The predicted octanol–water partition coefficient (Wildman–Crippen LogP) is 1.71. The number of hydrogen-bond donors (Lipinski definition) is 2. The minimum atomic E-state index is -0.0686. The minimum Gasteiger partial charge on any atom is -0.474 e. The van der Waals surface area contributed by atoms with E-state index in [2.05, 4.69) is 14.9 Å². The number of aromatic nitrogens is 2. The first-order chi connectivity index (χ1) is 11.7. The van der Waals surface area contributed by atoms with E-state index >= 15 is 0 Å². The molecule has 1 aromatic carbocycles. The average molecular weight is 350 g/mol. The molecule has 3 rings (SSSR count). The van der Waals surface area contributed by atoms with E-state index in [1.54, 1.807) is 6.20 Å². The van der Waals surface area contributed by atoms with Gasteiger partial charge in [-0.15, -0.1) is 0 Å². The zero-order valence-electron chi connectivity index (χ0n) is 13.2. The van der Waals surface area contributed by atoms with E-state index in [4.69, 9.17) is 21.4 Å². The summed E-state index contributed by atoms with van der Waals surface area (Å²) in [6, 6.07) is 7.76. The SMILES string of the molecule is OCCOc1cncc(N2C[C@@H](CO)[C@H](c3ccc(Cl)cc3)C2)n1. The standard InChI is InChI=1S/C17H20ClN3O3/c18-14-3-1-12(2-4-14)15-10-21(9-13(15)11-23)16-7-19-8-17(20-16)24-6-5-22/h1-4,7-8,13,15,22-23H,5-6,9-11H2/t13-,15-/m0/s1. The largest absolute Gasteiger partial charge is 0.474 e. The first-order valence-electron chi connectivity index (χ1n) is 7.88. The average Bonchev–Trinajstić information content (AvgIpc) is 3.05. The fourth-order valence-electron chi connectivity index (χ4n) is 3.04. The van der Waals surface area contributed by atoms with Crippen molar-refractivity contribution in [2.45, 2.75) is 5.92 Å². The fraction of sp³-hybridized carbons (Fsp3) is 0.412. The molecule has 2 atom stereocenters. The number of rotatable bonds is 6. The van der Waals surface area contributed by atoms with Crippen molar-refractivity contribution in [2.24, 2.45) is 5.92 Å². The molecule has 1 aromatic heterocycles. The number of anilines is 1. The highest BCUT2D eigenvalue weighted by Gasteiger charge is 2.34. The maximum atomic E-state index is 9.75. The van der Waals surface area contributed by atoms with Crippen LogP contribution in [-0.2, 0) is 0 Å². The maximum Gasteiger partial charge on any atom is 0.234 e. The molecule has 0 aliphatic carbocycles. The van der Waals surface area contributed by atoms with E-state index in [9.17, 15) is 5.11 Å². The van der Waals surface area contributed by atoms with Crippen LogP contribution >= 0.6 is 11.6 Å². The van der Waals surface area contributed by atoms with Crippen LogP contribution in [0.15, 0.2) is 36.7 Å². The van der Waals surface area contributed by atoms with Crippen LogP contribution in [0.5, 0.6) is 5.88 Å². The predicted molar refractivity (Wildman–Crippen MR) is 91.6 cm³/mol. The number of aliphatic hydroxyl groups excluding tert-OH is 2. The molecule has 2 N–H and O–H groups in total. The second-order valence-corrected chi connectivity index (χ2v) is 6.23. The molecule has 0 radical (unpaired) electrons. The molecule has 128 valence electrons. The molecule has 1 saturated heterocycles. The summed E-state index contributed by atoms with van der Waals surface area (Å²) in [5, 5.41) is 19.3. The minimum absolute atomic E-state index is 0.0686. The lowest BCUT2D eigenvalue weighted by molar-refractivity contribution is 0.196. The van der Waals surface area contributed by atoms with Crippen LogP contribution in [0, 0.1) is 5.92 Å². The van der Waals surface area contributed by atoms with Gasteiger partial charge in [-0.3, -0.25) is 4.98 Å². The Morgan fingerprint density at radius 3 is 2.67 bits per heavy atom. The third-order valence-electron chi connectivity index (χ3n) is 4.24. The van der Waals surface area contributed by atoms with Crippen molar-refractivity contribution < 1.29 is 14.9 Å². The van der Waals surface area contributed by atoms with Crippen molar-refractivity contribution >= 4 is 17.4 Å². The van der Waals surface area contributed by atoms with Gasteiger partial charge in [0.05, 0.1) is 19.0 Å². The second-order valence-electron chi connectivity index (χ2n) is 5.79. The highest BCUT2D eigenvalue weighted by molar-refractivity contribution is 6.30. The molecule has 2 aromatic rings. The van der Waals surface area contributed by atoms with Gasteiger partial charge in [0.15, 0.2) is 5.82 Å². The monoisotopic (exact) mass is 349 g/mol. The summed E-state index contributed by atoms with van der Waals surface area (Å²) < 4.78 is 5.32. The van der Waals surface area contributed by atoms with E-state index in [0.29, 0.717) is 23.3 Å². The van der Waals surface area contributed by atoms with Crippen molar-refractivity contribution in [3.8, 4) is 5.88 Å². The molecule has 0 spiro atoms. The molecule has 7 heteroatoms. The van der Waals surface area contributed by atoms with Crippen LogP contribution in [-0.4, -0.2) is 53.1 Å². The summed E-state index contributed by atoms with van der Waals surface area (Å²) in [6.45, 7) is 1.66. The third kappa shape index (κ3) is 3.77. The van der Waals surface area contributed by atoms with E-state index < -0.39 is 0 Å². The lowest BCUT2D eigenvalue weighted by atomic mass is 9.90. The third-order valence-corrected chi connectivity index (χ3v) is 4.49. The number of aliphatic hydroxyl groups is 2. The first kappa shape index (κ1) is 17.0. The quantitative estimate of drug-likeness (QED) is 0.826. The van der Waals surface area contributed by atoms with Gasteiger partial charge in [-0.25, -0.2) is 0 Å². The number of nitrogens with zero attached hydrogens (tertiary/aromatic N) is 3. The number of benzene rings is 1. The summed E-state index contributed by atoms with van der Waals surface area (Å²) >= 11 is 5.96. The molecule has 0 bridgehead atoms. The van der Waals surface area contributed by atoms with Gasteiger partial charge in [0.1, 0.15) is 6.61 Å². The van der Waals surface area contributed by atoms with Gasteiger partial charge in [-0.05, 0) is 17.7 Å². The Bertz CT molecular complexity index is 668. The Morgan fingerprint density at radius 2 is 1.96 bits per heavy atom. The maximum absolute atomic E-state index is 9.75. The molecular weight excluding hydrogens is 330 g/mol. The molecule has 1 fully saturated rings. The molecule has 0 unspecified atom stereocenters. The molecule has 0 saturated carbocycles. The van der Waals surface area contributed by atoms with E-state index in [1.165, 1.54) is 6.20 Å². The van der Waals surface area contributed by atoms with Crippen molar-refractivity contribution in [3.63, 3.8) is 0 Å². The van der Waals surface area contributed by atoms with Gasteiger partial charge in [-0.2, -0.15) is 4.98 Å². The van der Waals surface area contributed by atoms with Gasteiger partial charge in [0.2, 0.25) is 5.88 Å². The zero-order valence-corrected chi connectivity index (χ0v) is 13.9. The van der Waals surface area contributed by atoms with E-state index in [1.807, 2.05) is 24.3 Å². The van der Waals surface area contributed by atoms with Crippen LogP contribution in [0.4, 0.5) is 5.82 Å². The van der Waals surface area contributed by atoms with Gasteiger partial charge >= 0.3 is 0 Å². The molecule has 0 amide bonds. The Labute approximate surface area is 145 Å².